The van der Waals surface area contributed by atoms with Crippen LogP contribution in [0.3, 0.4) is 0 Å². The van der Waals surface area contributed by atoms with E-state index in [9.17, 15) is 48.6 Å². The minimum absolute atomic E-state index is 0.0166. The van der Waals surface area contributed by atoms with E-state index in [2.05, 4.69) is 28.0 Å². The van der Waals surface area contributed by atoms with Crippen molar-refractivity contribution in [1.29, 1.82) is 0 Å². The van der Waals surface area contributed by atoms with E-state index in [0.29, 0.717) is 0 Å². The third-order valence-corrected chi connectivity index (χ3v) is 17.3. The molecule has 1 aliphatic rings. The lowest BCUT2D eigenvalue weighted by Gasteiger charge is -2.49. The quantitative estimate of drug-likeness (QED) is 0.0560. The van der Waals surface area contributed by atoms with Crippen LogP contribution >= 0.6 is 11.8 Å². The zero-order valence-electron chi connectivity index (χ0n) is 56.9. The topological polar surface area (TPSA) is 302 Å². The van der Waals surface area contributed by atoms with Gasteiger partial charge in [0.1, 0.15) is 49.0 Å². The first-order valence-corrected chi connectivity index (χ1v) is 32.0. The number of amides is 10. The molecule has 1 rings (SSSR count). The highest BCUT2D eigenvalue weighted by Crippen LogP contribution is 2.30. The average molecular weight is 1250 g/mol. The maximum atomic E-state index is 15.7. The second-order valence-corrected chi connectivity index (χ2v) is 27.6. The zero-order valence-corrected chi connectivity index (χ0v) is 57.7. The van der Waals surface area contributed by atoms with Gasteiger partial charge in [0.05, 0.1) is 25.2 Å². The number of nitrogens with zero attached hydrogens (tertiary/aromatic N) is 7. The number of hydroxylamine groups is 3. The van der Waals surface area contributed by atoms with Crippen LogP contribution in [0.15, 0.2) is 12.2 Å². The first-order chi connectivity index (χ1) is 39.9. The third-order valence-electron chi connectivity index (χ3n) is 16.3. The molecule has 0 aromatic rings. The second-order valence-electron chi connectivity index (χ2n) is 26.7. The number of nitrogens with one attached hydrogen (secondary N) is 4. The molecule has 1 heterocycles. The van der Waals surface area contributed by atoms with Gasteiger partial charge >= 0.3 is 5.91 Å². The highest BCUT2D eigenvalue weighted by molar-refractivity contribution is 7.99. The minimum Gasteiger partial charge on any atom is -0.628 e. The number of aliphatic hydroxyl groups excluding tert-OH is 1. The molecule has 2 unspecified atom stereocenters. The molecule has 14 atom stereocenters. The number of rotatable bonds is 16. The van der Waals surface area contributed by atoms with Crippen LogP contribution in [0.5, 0.6) is 0 Å². The summed E-state index contributed by atoms with van der Waals surface area (Å²) in [5.41, 5.74) is -1.57. The van der Waals surface area contributed by atoms with Crippen LogP contribution in [0.2, 0.25) is 0 Å². The third kappa shape index (κ3) is 21.6. The van der Waals surface area contributed by atoms with E-state index in [4.69, 9.17) is 0 Å². The lowest BCUT2D eigenvalue weighted by Crippen LogP contribution is -2.67. The van der Waals surface area contributed by atoms with Gasteiger partial charge < -0.3 is 61.2 Å². The number of carbonyl (C=O) groups excluding carboxylic acids is 10. The molecule has 0 radical (unpaired) electrons. The predicted molar refractivity (Wildman–Crippen MR) is 339 cm³/mol. The van der Waals surface area contributed by atoms with Crippen LogP contribution in [-0.2, 0) is 47.9 Å². The minimum atomic E-state index is -1.67. The fourth-order valence-electron chi connectivity index (χ4n) is 11.0. The number of aliphatic hydroxyl groups is 2. The van der Waals surface area contributed by atoms with Gasteiger partial charge in [-0.15, -0.1) is 16.3 Å². The van der Waals surface area contributed by atoms with Crippen LogP contribution in [0.1, 0.15) is 156 Å². The molecule has 0 saturated carbocycles. The van der Waals surface area contributed by atoms with Gasteiger partial charge in [0.2, 0.25) is 41.4 Å². The summed E-state index contributed by atoms with van der Waals surface area (Å²) in [6, 6.07) is -12.4. The Morgan fingerprint density at radius 3 is 1.60 bits per heavy atom. The Labute approximate surface area is 523 Å². The fourth-order valence-corrected chi connectivity index (χ4v) is 11.8. The fraction of sp³-hybridized carbons (Fsp3) is 0.790. The van der Waals surface area contributed by atoms with E-state index < -0.39 is 159 Å². The van der Waals surface area contributed by atoms with Crippen molar-refractivity contribution < 1.29 is 67.4 Å². The molecule has 6 N–H and O–H groups in total. The van der Waals surface area contributed by atoms with Crippen molar-refractivity contribution in [3.05, 3.63) is 17.4 Å². The Kier molecular flexibility index (Phi) is 31.5. The molecule has 1 saturated heterocycles. The van der Waals surface area contributed by atoms with E-state index in [0.717, 1.165) is 31.0 Å². The lowest BCUT2D eigenvalue weighted by molar-refractivity contribution is -0.976. The molecule has 25 heteroatoms. The molecule has 0 aliphatic carbocycles. The van der Waals surface area contributed by atoms with Gasteiger partial charge in [0, 0.05) is 48.1 Å². The van der Waals surface area contributed by atoms with E-state index in [-0.39, 0.29) is 56.3 Å². The maximum absolute atomic E-state index is 15.7. The molecule has 24 nitrogen and oxygen atoms in total. The van der Waals surface area contributed by atoms with E-state index in [1.54, 1.807) is 66.9 Å². The van der Waals surface area contributed by atoms with Crippen molar-refractivity contribution in [2.45, 2.75) is 234 Å². The normalized spacial score (nSPS) is 29.1. The van der Waals surface area contributed by atoms with Gasteiger partial charge in [-0.3, -0.25) is 47.8 Å². The average Bonchev–Trinajstić information content (AvgIpc) is 1.06. The predicted octanol–water partition coefficient (Wildman–Crippen LogP) is 3.30. The molecular formula is C62H112N11O13S+. The molecule has 0 spiro atoms. The Morgan fingerprint density at radius 1 is 0.644 bits per heavy atom. The molecule has 0 aromatic heterocycles. The number of likely N-dealkylation sites (N-methyl/N-ethyl adjacent to an activating group) is 6. The van der Waals surface area contributed by atoms with Crippen LogP contribution in [0, 0.1) is 40.7 Å². The number of quaternary nitrogens is 1. The standard InChI is InChI=1S/C62H111N11O13S/c1-26-28-29-39(13)50(74)49-54(78)65-42(27-2)56(80)72(23)61(87-25)60(84)68(19)44(33-62(16,17)85)53(77)66-47(37(9)10)58(82)67(18)43(30-34(3)4)52(76)63-40(14)51(75)64-41(15)55(79)69(20)46(32-36(7)8)73(24,86)45(31-35(5)6)57(81)70(21)48(38(11)12)59(83)71(49)22/h26,28,34-50,61,74,85H,20,27,29-33H2,1-19,21-25H3,(H3-,63,64,65,66,75,76,77,78)/p+1/b28-26+/t39-,40-,41-,42-,43-,44+,45-,46+,47-,48-,49?,50+,61+,73?/m1/s1. The highest BCUT2D eigenvalue weighted by Gasteiger charge is 2.51. The van der Waals surface area contributed by atoms with Gasteiger partial charge in [-0.05, 0) is 95.6 Å². The van der Waals surface area contributed by atoms with Crippen LogP contribution < -0.4 is 21.3 Å². The van der Waals surface area contributed by atoms with Crippen molar-refractivity contribution in [1.82, 2.24) is 45.8 Å². The summed E-state index contributed by atoms with van der Waals surface area (Å²) in [5.74, 6) is -10.4. The molecule has 0 bridgehead atoms. The Morgan fingerprint density at radius 2 is 1.14 bits per heavy atom. The van der Waals surface area contributed by atoms with E-state index >= 15 is 14.8 Å². The van der Waals surface area contributed by atoms with Crippen molar-refractivity contribution >= 4 is 77.6 Å². The van der Waals surface area contributed by atoms with Crippen LogP contribution in [0.25, 0.3) is 0 Å². The molecule has 10 amide bonds. The molecule has 1 aliphatic heterocycles. The highest BCUT2D eigenvalue weighted by atomic mass is 32.2. The second kappa shape index (κ2) is 34.5. The number of hydrogen-bond acceptors (Lipinski definition) is 14. The van der Waals surface area contributed by atoms with Gasteiger partial charge in [-0.1, -0.05) is 95.2 Å². The van der Waals surface area contributed by atoms with Crippen molar-refractivity contribution in [3.63, 3.8) is 0 Å². The SMILES string of the molecule is C=[N+]1C(=O)[C@@H](C)NC(=O)[C@@H](C)NC(=O)[C@@H](CC(C)C)N(C)C(=O)[C@@H](C(C)C)NC(=O)[C@H](CC(C)(C)O)N(C)C(=O)[C@H](SC)N(C)C(=O)[C@@H](CC)NC(=O)C([C@@H](O)[C@H](C)C/C=C/C)N(C)C(=O)[C@@H](C(C)C)N(C)C(=O)[C@@H](CC(C)C)[N+](C)([O-])[C@H]1CC(C)C. The van der Waals surface area contributed by atoms with Crippen molar-refractivity contribution in [3.8, 4) is 0 Å². The summed E-state index contributed by atoms with van der Waals surface area (Å²) < 4.78 is -0.391. The summed E-state index contributed by atoms with van der Waals surface area (Å²) in [6.45, 7) is 32.5. The Hall–Kier alpha value is -5.50. The van der Waals surface area contributed by atoms with Crippen LogP contribution in [-0.4, -0.2) is 236 Å². The summed E-state index contributed by atoms with van der Waals surface area (Å²) >= 11 is 0.950. The number of hydrogen-bond donors (Lipinski definition) is 6. The Bertz CT molecular complexity index is 2430. The Balaban J connectivity index is 4.50. The molecule has 87 heavy (non-hydrogen) atoms. The summed E-state index contributed by atoms with van der Waals surface area (Å²) in [7, 11) is 8.02. The largest absolute Gasteiger partial charge is 0.628 e. The molecule has 498 valence electrons. The van der Waals surface area contributed by atoms with Crippen molar-refractivity contribution in [2.75, 3.05) is 48.5 Å². The molecular weight excluding hydrogens is 1140 g/mol. The number of allylic oxidation sites excluding steroid dienone is 2. The lowest BCUT2D eigenvalue weighted by atomic mass is 9.91. The van der Waals surface area contributed by atoms with Gasteiger partial charge in [-0.2, -0.15) is 0 Å². The van der Waals surface area contributed by atoms with Crippen molar-refractivity contribution in [2.24, 2.45) is 35.5 Å². The molecule has 0 aromatic carbocycles. The van der Waals surface area contributed by atoms with Gasteiger partial charge in [-0.25, -0.2) is 4.79 Å². The zero-order chi connectivity index (χ0) is 67.8. The summed E-state index contributed by atoms with van der Waals surface area (Å²) in [6.07, 6.45) is 2.26. The smallest absolute Gasteiger partial charge is 0.413 e. The first kappa shape index (κ1) is 79.5. The van der Waals surface area contributed by atoms with E-state index in [1.807, 2.05) is 41.5 Å². The van der Waals surface area contributed by atoms with E-state index in [1.165, 1.54) is 79.8 Å². The van der Waals surface area contributed by atoms with Gasteiger partial charge in [0.15, 0.2) is 17.5 Å². The number of carbonyl (C=O) groups is 10. The van der Waals surface area contributed by atoms with Crippen LogP contribution in [0.4, 0.5) is 0 Å². The first-order valence-electron chi connectivity index (χ1n) is 30.7. The monoisotopic (exact) mass is 1250 g/mol. The number of thioether (sulfide) groups is 1. The molecule has 1 fully saturated rings. The summed E-state index contributed by atoms with van der Waals surface area (Å²) in [4.78, 5) is 153. The maximum Gasteiger partial charge on any atom is 0.413 e. The summed E-state index contributed by atoms with van der Waals surface area (Å²) in [5, 5.41) is 48.6. The van der Waals surface area contributed by atoms with Gasteiger partial charge in [0.25, 0.3) is 18.0 Å².